The van der Waals surface area contributed by atoms with Crippen molar-refractivity contribution in [1.82, 2.24) is 9.80 Å². The SMILES string of the molecule is CCOc1ccc(CN2CCC[C@@H](N3CCN(c4ccc(F)cc4)CC3)C2)cc1CO. The number of aliphatic hydroxyl groups excluding tert-OH is 1. The number of aliphatic hydroxyl groups is 1. The van der Waals surface area contributed by atoms with Crippen molar-refractivity contribution < 1.29 is 14.2 Å². The molecule has 0 aliphatic carbocycles. The summed E-state index contributed by atoms with van der Waals surface area (Å²) in [6.07, 6.45) is 2.46. The summed E-state index contributed by atoms with van der Waals surface area (Å²) in [5, 5.41) is 9.68. The molecular weight excluding hydrogens is 393 g/mol. The third kappa shape index (κ3) is 5.56. The first-order valence-corrected chi connectivity index (χ1v) is 11.5. The van der Waals surface area contributed by atoms with Gasteiger partial charge in [-0.25, -0.2) is 4.39 Å². The first kappa shape index (κ1) is 22.1. The number of hydrogen-bond acceptors (Lipinski definition) is 5. The van der Waals surface area contributed by atoms with E-state index in [4.69, 9.17) is 4.74 Å². The van der Waals surface area contributed by atoms with E-state index in [9.17, 15) is 9.50 Å². The third-order valence-electron chi connectivity index (χ3n) is 6.50. The van der Waals surface area contributed by atoms with Gasteiger partial charge in [0.15, 0.2) is 0 Å². The van der Waals surface area contributed by atoms with E-state index in [0.29, 0.717) is 12.6 Å². The molecule has 0 aromatic heterocycles. The lowest BCUT2D eigenvalue weighted by atomic mass is 10.0. The Bertz CT molecular complexity index is 837. The van der Waals surface area contributed by atoms with Crippen molar-refractivity contribution in [1.29, 1.82) is 0 Å². The number of hydrogen-bond donors (Lipinski definition) is 1. The highest BCUT2D eigenvalue weighted by Gasteiger charge is 2.28. The van der Waals surface area contributed by atoms with Gasteiger partial charge in [0.2, 0.25) is 0 Å². The Morgan fingerprint density at radius 3 is 2.52 bits per heavy atom. The molecule has 2 fully saturated rings. The van der Waals surface area contributed by atoms with Gasteiger partial charge in [0.05, 0.1) is 13.2 Å². The second kappa shape index (κ2) is 10.4. The Kier molecular flexibility index (Phi) is 7.43. The van der Waals surface area contributed by atoms with Crippen LogP contribution in [0.25, 0.3) is 0 Å². The van der Waals surface area contributed by atoms with E-state index < -0.39 is 0 Å². The predicted molar refractivity (Wildman–Crippen MR) is 122 cm³/mol. The molecule has 1 atom stereocenters. The molecule has 168 valence electrons. The minimum absolute atomic E-state index is 0.00410. The Hall–Kier alpha value is -2.15. The van der Waals surface area contributed by atoms with E-state index >= 15 is 0 Å². The van der Waals surface area contributed by atoms with Gasteiger partial charge in [-0.1, -0.05) is 6.07 Å². The topological polar surface area (TPSA) is 39.2 Å². The lowest BCUT2D eigenvalue weighted by molar-refractivity contribution is 0.0887. The van der Waals surface area contributed by atoms with E-state index in [1.165, 1.54) is 18.4 Å². The summed E-state index contributed by atoms with van der Waals surface area (Å²) < 4.78 is 18.8. The second-order valence-electron chi connectivity index (χ2n) is 8.56. The van der Waals surface area contributed by atoms with Crippen LogP contribution < -0.4 is 9.64 Å². The monoisotopic (exact) mass is 427 g/mol. The van der Waals surface area contributed by atoms with Gasteiger partial charge < -0.3 is 14.7 Å². The van der Waals surface area contributed by atoms with Gasteiger partial charge in [-0.05, 0) is 68.3 Å². The van der Waals surface area contributed by atoms with Crippen molar-refractivity contribution in [3.63, 3.8) is 0 Å². The fourth-order valence-corrected chi connectivity index (χ4v) is 4.88. The molecule has 2 aliphatic rings. The summed E-state index contributed by atoms with van der Waals surface area (Å²) in [6, 6.07) is 13.6. The van der Waals surface area contributed by atoms with E-state index in [0.717, 1.165) is 62.8 Å². The maximum Gasteiger partial charge on any atom is 0.124 e. The molecule has 2 heterocycles. The number of benzene rings is 2. The van der Waals surface area contributed by atoms with Crippen LogP contribution in [0.4, 0.5) is 10.1 Å². The van der Waals surface area contributed by atoms with Crippen LogP contribution >= 0.6 is 0 Å². The maximum absolute atomic E-state index is 13.2. The van der Waals surface area contributed by atoms with Crippen LogP contribution in [-0.4, -0.2) is 66.8 Å². The van der Waals surface area contributed by atoms with E-state index in [2.05, 4.69) is 26.8 Å². The fraction of sp³-hybridized carbons (Fsp3) is 0.520. The van der Waals surface area contributed by atoms with Gasteiger partial charge in [0.25, 0.3) is 0 Å². The molecule has 1 N–H and O–H groups in total. The van der Waals surface area contributed by atoms with Crippen LogP contribution in [0.2, 0.25) is 0 Å². The molecule has 0 saturated carbocycles. The third-order valence-corrected chi connectivity index (χ3v) is 6.50. The lowest BCUT2D eigenvalue weighted by Crippen LogP contribution is -2.55. The van der Waals surface area contributed by atoms with Crippen molar-refractivity contribution in [2.45, 2.75) is 39.0 Å². The Morgan fingerprint density at radius 2 is 1.81 bits per heavy atom. The molecule has 0 radical (unpaired) electrons. The van der Waals surface area contributed by atoms with E-state index in [-0.39, 0.29) is 12.4 Å². The summed E-state index contributed by atoms with van der Waals surface area (Å²) in [6.45, 7) is 9.75. The zero-order valence-electron chi connectivity index (χ0n) is 18.5. The first-order valence-electron chi connectivity index (χ1n) is 11.5. The highest BCUT2D eigenvalue weighted by Crippen LogP contribution is 2.24. The largest absolute Gasteiger partial charge is 0.494 e. The van der Waals surface area contributed by atoms with Crippen LogP contribution in [0.1, 0.15) is 30.9 Å². The summed E-state index contributed by atoms with van der Waals surface area (Å²) >= 11 is 0. The number of likely N-dealkylation sites (tertiary alicyclic amines) is 1. The van der Waals surface area contributed by atoms with Crippen molar-refractivity contribution in [2.24, 2.45) is 0 Å². The van der Waals surface area contributed by atoms with E-state index in [1.54, 1.807) is 12.1 Å². The number of rotatable bonds is 7. The van der Waals surface area contributed by atoms with Crippen molar-refractivity contribution in [2.75, 3.05) is 50.8 Å². The normalized spacial score (nSPS) is 20.7. The Morgan fingerprint density at radius 1 is 1.03 bits per heavy atom. The van der Waals surface area contributed by atoms with Gasteiger partial charge in [-0.15, -0.1) is 0 Å². The Balaban J connectivity index is 1.31. The zero-order valence-corrected chi connectivity index (χ0v) is 18.5. The zero-order chi connectivity index (χ0) is 21.6. The highest BCUT2D eigenvalue weighted by molar-refractivity contribution is 5.46. The highest BCUT2D eigenvalue weighted by atomic mass is 19.1. The van der Waals surface area contributed by atoms with Gasteiger partial charge in [0.1, 0.15) is 11.6 Å². The van der Waals surface area contributed by atoms with Crippen LogP contribution in [-0.2, 0) is 13.2 Å². The molecule has 4 rings (SSSR count). The summed E-state index contributed by atoms with van der Waals surface area (Å²) in [5.74, 6) is 0.604. The fourth-order valence-electron chi connectivity index (χ4n) is 4.88. The van der Waals surface area contributed by atoms with Gasteiger partial charge in [0, 0.05) is 56.6 Å². The molecule has 5 nitrogen and oxygen atoms in total. The molecule has 0 amide bonds. The van der Waals surface area contributed by atoms with Crippen molar-refractivity contribution >= 4 is 5.69 Å². The number of anilines is 1. The predicted octanol–water partition coefficient (Wildman–Crippen LogP) is 3.50. The van der Waals surface area contributed by atoms with Gasteiger partial charge in [-0.2, -0.15) is 0 Å². The van der Waals surface area contributed by atoms with Gasteiger partial charge in [-0.3, -0.25) is 9.80 Å². The van der Waals surface area contributed by atoms with E-state index in [1.807, 2.05) is 25.1 Å². The first-order chi connectivity index (χ1) is 15.2. The van der Waals surface area contributed by atoms with Gasteiger partial charge >= 0.3 is 0 Å². The molecule has 0 unspecified atom stereocenters. The van der Waals surface area contributed by atoms with Crippen LogP contribution in [0.3, 0.4) is 0 Å². The lowest BCUT2D eigenvalue weighted by Gasteiger charge is -2.44. The second-order valence-corrected chi connectivity index (χ2v) is 8.56. The van der Waals surface area contributed by atoms with Crippen LogP contribution in [0, 0.1) is 5.82 Å². The number of piperazine rings is 1. The Labute approximate surface area is 185 Å². The number of halogens is 1. The molecule has 2 aliphatic heterocycles. The number of piperidine rings is 1. The van der Waals surface area contributed by atoms with Crippen LogP contribution in [0.5, 0.6) is 5.75 Å². The quantitative estimate of drug-likeness (QED) is 0.732. The molecule has 31 heavy (non-hydrogen) atoms. The molecule has 2 saturated heterocycles. The molecule has 2 aromatic rings. The minimum atomic E-state index is -0.177. The molecule has 0 bridgehead atoms. The standard InChI is InChI=1S/C25H34FN3O2/c1-2-31-25-10-5-20(16-21(25)19-30)17-27-11-3-4-24(18-27)29-14-12-28(13-15-29)23-8-6-22(26)7-9-23/h5-10,16,24,30H,2-4,11-15,17-19H2,1H3/t24-/m1/s1. The number of nitrogens with zero attached hydrogens (tertiary/aromatic N) is 3. The summed E-state index contributed by atoms with van der Waals surface area (Å²) in [7, 11) is 0. The molecule has 6 heteroatoms. The maximum atomic E-state index is 13.2. The molecule has 0 spiro atoms. The van der Waals surface area contributed by atoms with Crippen LogP contribution in [0.15, 0.2) is 42.5 Å². The van der Waals surface area contributed by atoms with Crippen molar-refractivity contribution in [3.8, 4) is 5.75 Å². The summed E-state index contributed by atoms with van der Waals surface area (Å²) in [5.41, 5.74) is 3.21. The average Bonchev–Trinajstić information content (AvgIpc) is 2.81. The smallest absolute Gasteiger partial charge is 0.124 e. The summed E-state index contributed by atoms with van der Waals surface area (Å²) in [4.78, 5) is 7.52. The molecule has 2 aromatic carbocycles. The minimum Gasteiger partial charge on any atom is -0.494 e. The van der Waals surface area contributed by atoms with Crippen molar-refractivity contribution in [3.05, 3.63) is 59.4 Å². The number of ether oxygens (including phenoxy) is 1. The molecular formula is C25H34FN3O2. The average molecular weight is 428 g/mol.